The van der Waals surface area contributed by atoms with Gasteiger partial charge in [0.15, 0.2) is 5.88 Å². The zero-order valence-electron chi connectivity index (χ0n) is 14.6. The highest BCUT2D eigenvalue weighted by Crippen LogP contribution is 2.28. The second-order valence-corrected chi connectivity index (χ2v) is 6.35. The molecule has 1 saturated heterocycles. The molecule has 2 N–H and O–H groups in total. The molecule has 1 aromatic rings. The van der Waals surface area contributed by atoms with Crippen LogP contribution in [-0.2, 0) is 0 Å². The number of likely N-dealkylation sites (tertiary alicyclic amines) is 1. The first-order chi connectivity index (χ1) is 11.5. The van der Waals surface area contributed by atoms with Crippen molar-refractivity contribution < 1.29 is 13.9 Å². The SMILES string of the molecule is C=C(Oc1cc(OC/C(=C\F)CN)ccc1C)N1CCC(C)CC1. The van der Waals surface area contributed by atoms with E-state index in [4.69, 9.17) is 15.2 Å². The monoisotopic (exact) mass is 334 g/mol. The molecule has 0 atom stereocenters. The van der Waals surface area contributed by atoms with Crippen LogP contribution >= 0.6 is 0 Å². The molecule has 1 aromatic carbocycles. The lowest BCUT2D eigenvalue weighted by molar-refractivity contribution is 0.164. The Morgan fingerprint density at radius 1 is 1.42 bits per heavy atom. The predicted molar refractivity (Wildman–Crippen MR) is 94.7 cm³/mol. The molecular weight excluding hydrogens is 307 g/mol. The van der Waals surface area contributed by atoms with Gasteiger partial charge in [-0.3, -0.25) is 0 Å². The van der Waals surface area contributed by atoms with Gasteiger partial charge < -0.3 is 20.1 Å². The van der Waals surface area contributed by atoms with Crippen molar-refractivity contribution in [1.82, 2.24) is 4.90 Å². The summed E-state index contributed by atoms with van der Waals surface area (Å²) in [6, 6.07) is 5.55. The number of hydrogen-bond donors (Lipinski definition) is 1. The molecule has 0 amide bonds. The van der Waals surface area contributed by atoms with E-state index in [-0.39, 0.29) is 13.2 Å². The summed E-state index contributed by atoms with van der Waals surface area (Å²) in [7, 11) is 0. The molecule has 2 rings (SSSR count). The van der Waals surface area contributed by atoms with Crippen LogP contribution in [0.25, 0.3) is 0 Å². The third kappa shape index (κ3) is 4.99. The maximum atomic E-state index is 12.5. The Kier molecular flexibility index (Phi) is 6.67. The quantitative estimate of drug-likeness (QED) is 0.771. The highest BCUT2D eigenvalue weighted by atomic mass is 19.1. The van der Waals surface area contributed by atoms with Crippen LogP contribution in [0.15, 0.2) is 42.6 Å². The number of ether oxygens (including phenoxy) is 2. The molecule has 1 aliphatic heterocycles. The molecule has 0 unspecified atom stereocenters. The Balaban J connectivity index is 1.99. The minimum atomic E-state index is 0.125. The molecule has 1 heterocycles. The van der Waals surface area contributed by atoms with Crippen LogP contribution in [0.2, 0.25) is 0 Å². The van der Waals surface area contributed by atoms with Crippen molar-refractivity contribution in [2.75, 3.05) is 26.2 Å². The first-order valence-electron chi connectivity index (χ1n) is 8.36. The van der Waals surface area contributed by atoms with E-state index >= 15 is 0 Å². The van der Waals surface area contributed by atoms with Gasteiger partial charge in [0.1, 0.15) is 18.1 Å². The minimum absolute atomic E-state index is 0.125. The van der Waals surface area contributed by atoms with Gasteiger partial charge in [0.2, 0.25) is 0 Å². The van der Waals surface area contributed by atoms with Crippen LogP contribution in [0.3, 0.4) is 0 Å². The van der Waals surface area contributed by atoms with Crippen molar-refractivity contribution in [3.05, 3.63) is 48.1 Å². The van der Waals surface area contributed by atoms with E-state index in [1.54, 1.807) is 6.07 Å². The van der Waals surface area contributed by atoms with Gasteiger partial charge in [-0.1, -0.05) is 13.0 Å². The molecule has 0 radical (unpaired) electrons. The number of piperidine rings is 1. The largest absolute Gasteiger partial charge is 0.489 e. The lowest BCUT2D eigenvalue weighted by Crippen LogP contribution is -2.33. The lowest BCUT2D eigenvalue weighted by atomic mass is 10.00. The summed E-state index contributed by atoms with van der Waals surface area (Å²) in [6.45, 7) is 10.5. The van der Waals surface area contributed by atoms with Crippen LogP contribution in [0.4, 0.5) is 4.39 Å². The fourth-order valence-electron chi connectivity index (χ4n) is 2.54. The average molecular weight is 334 g/mol. The molecule has 0 saturated carbocycles. The average Bonchev–Trinajstić information content (AvgIpc) is 2.59. The second kappa shape index (κ2) is 8.73. The Labute approximate surface area is 143 Å². The first kappa shape index (κ1) is 18.3. The molecule has 5 heteroatoms. The first-order valence-corrected chi connectivity index (χ1v) is 8.36. The molecule has 0 bridgehead atoms. The number of benzene rings is 1. The normalized spacial score (nSPS) is 16.2. The third-order valence-corrected chi connectivity index (χ3v) is 4.36. The van der Waals surface area contributed by atoms with E-state index in [2.05, 4.69) is 18.4 Å². The lowest BCUT2D eigenvalue weighted by Gasteiger charge is -2.32. The van der Waals surface area contributed by atoms with Gasteiger partial charge in [-0.25, -0.2) is 4.39 Å². The summed E-state index contributed by atoms with van der Waals surface area (Å²) in [6.07, 6.45) is 2.80. The third-order valence-electron chi connectivity index (χ3n) is 4.36. The maximum Gasteiger partial charge on any atom is 0.188 e. The topological polar surface area (TPSA) is 47.7 Å². The van der Waals surface area contributed by atoms with Crippen LogP contribution < -0.4 is 15.2 Å². The molecule has 0 spiro atoms. The van der Waals surface area contributed by atoms with Crippen molar-refractivity contribution in [3.8, 4) is 11.5 Å². The van der Waals surface area contributed by atoms with E-state index in [0.717, 1.165) is 37.4 Å². The van der Waals surface area contributed by atoms with Gasteiger partial charge in [-0.05, 0) is 43.9 Å². The molecule has 24 heavy (non-hydrogen) atoms. The Hall–Kier alpha value is -2.01. The number of aryl methyl sites for hydroxylation is 1. The molecule has 132 valence electrons. The number of nitrogens with two attached hydrogens (primary N) is 1. The minimum Gasteiger partial charge on any atom is -0.489 e. The van der Waals surface area contributed by atoms with Crippen LogP contribution in [0.5, 0.6) is 11.5 Å². The van der Waals surface area contributed by atoms with E-state index in [1.165, 1.54) is 0 Å². The van der Waals surface area contributed by atoms with Crippen LogP contribution in [0, 0.1) is 12.8 Å². The summed E-state index contributed by atoms with van der Waals surface area (Å²) >= 11 is 0. The summed E-state index contributed by atoms with van der Waals surface area (Å²) < 4.78 is 24.1. The van der Waals surface area contributed by atoms with Crippen LogP contribution in [0.1, 0.15) is 25.3 Å². The Bertz CT molecular complexity index is 593. The van der Waals surface area contributed by atoms with Gasteiger partial charge in [0.05, 0.1) is 6.33 Å². The van der Waals surface area contributed by atoms with Crippen molar-refractivity contribution in [2.45, 2.75) is 26.7 Å². The molecule has 4 nitrogen and oxygen atoms in total. The smallest absolute Gasteiger partial charge is 0.188 e. The van der Waals surface area contributed by atoms with Gasteiger partial charge in [-0.15, -0.1) is 0 Å². The van der Waals surface area contributed by atoms with Crippen molar-refractivity contribution in [3.63, 3.8) is 0 Å². The highest BCUT2D eigenvalue weighted by Gasteiger charge is 2.18. The second-order valence-electron chi connectivity index (χ2n) is 6.35. The predicted octanol–water partition coefficient (Wildman–Crippen LogP) is 3.77. The molecule has 1 aliphatic rings. The van der Waals surface area contributed by atoms with Gasteiger partial charge in [0.25, 0.3) is 0 Å². The Morgan fingerprint density at radius 2 is 2.12 bits per heavy atom. The number of halogens is 1. The molecular formula is C19H27FN2O2. The summed E-state index contributed by atoms with van der Waals surface area (Å²) in [4.78, 5) is 2.17. The highest BCUT2D eigenvalue weighted by molar-refractivity contribution is 5.40. The summed E-state index contributed by atoms with van der Waals surface area (Å²) in [5.41, 5.74) is 6.83. The molecule has 0 aromatic heterocycles. The zero-order valence-corrected chi connectivity index (χ0v) is 14.6. The van der Waals surface area contributed by atoms with Gasteiger partial charge in [-0.2, -0.15) is 0 Å². The summed E-state index contributed by atoms with van der Waals surface area (Å²) in [5.74, 6) is 2.74. The van der Waals surface area contributed by atoms with E-state index in [0.29, 0.717) is 29.3 Å². The van der Waals surface area contributed by atoms with E-state index < -0.39 is 0 Å². The number of nitrogens with zero attached hydrogens (tertiary/aromatic N) is 1. The summed E-state index contributed by atoms with van der Waals surface area (Å²) in [5, 5.41) is 0. The van der Waals surface area contributed by atoms with Crippen LogP contribution in [-0.4, -0.2) is 31.1 Å². The number of rotatable bonds is 7. The Morgan fingerprint density at radius 3 is 2.75 bits per heavy atom. The van der Waals surface area contributed by atoms with Crippen molar-refractivity contribution >= 4 is 0 Å². The van der Waals surface area contributed by atoms with E-state index in [9.17, 15) is 4.39 Å². The fraction of sp³-hybridized carbons (Fsp3) is 0.474. The van der Waals surface area contributed by atoms with Crippen molar-refractivity contribution in [2.24, 2.45) is 11.7 Å². The standard InChI is InChI=1S/C19H27FN2O2/c1-14-6-8-22(9-7-14)16(3)24-19-10-18(5-4-15(19)2)23-13-17(11-20)12-21/h4-5,10-11,14H,3,6-9,12-13,21H2,1-2H3/b17-11-. The molecule has 0 aliphatic carbocycles. The number of hydrogen-bond acceptors (Lipinski definition) is 4. The fourth-order valence-corrected chi connectivity index (χ4v) is 2.54. The zero-order chi connectivity index (χ0) is 17.5. The van der Waals surface area contributed by atoms with Gasteiger partial charge in [0, 0.05) is 31.3 Å². The van der Waals surface area contributed by atoms with Gasteiger partial charge >= 0.3 is 0 Å². The van der Waals surface area contributed by atoms with Crippen molar-refractivity contribution in [1.29, 1.82) is 0 Å². The maximum absolute atomic E-state index is 12.5. The molecule has 1 fully saturated rings. The van der Waals surface area contributed by atoms with E-state index in [1.807, 2.05) is 19.1 Å².